The van der Waals surface area contributed by atoms with Crippen molar-refractivity contribution in [2.45, 2.75) is 6.42 Å². The quantitative estimate of drug-likeness (QED) is 0.658. The molecule has 4 nitrogen and oxygen atoms in total. The Morgan fingerprint density at radius 1 is 1.00 bits per heavy atom. The number of nitrogens with zero attached hydrogens (tertiary/aromatic N) is 1. The second-order valence-corrected chi connectivity index (χ2v) is 3.85. The third kappa shape index (κ3) is 6.02. The summed E-state index contributed by atoms with van der Waals surface area (Å²) in [5.41, 5.74) is 7.40. The van der Waals surface area contributed by atoms with Gasteiger partial charge in [-0.25, -0.2) is 5.43 Å². The van der Waals surface area contributed by atoms with Crippen molar-refractivity contribution in [3.8, 4) is 0 Å². The summed E-state index contributed by atoms with van der Waals surface area (Å²) in [6, 6.07) is 13.5. The van der Waals surface area contributed by atoms with Crippen molar-refractivity contribution in [3.63, 3.8) is 0 Å². The normalized spacial score (nSPS) is 9.00. The first-order valence-corrected chi connectivity index (χ1v) is 5.83. The van der Waals surface area contributed by atoms with Crippen molar-refractivity contribution in [2.24, 2.45) is 0 Å². The molecule has 1 aromatic carbocycles. The zero-order chi connectivity index (χ0) is 12.6. The molecule has 6 heteroatoms. The summed E-state index contributed by atoms with van der Waals surface area (Å²) in [4.78, 5) is 15.5. The Hall–Kier alpha value is -1.62. The van der Waals surface area contributed by atoms with Gasteiger partial charge in [-0.1, -0.05) is 30.3 Å². The van der Waals surface area contributed by atoms with E-state index in [0.717, 1.165) is 6.42 Å². The first-order valence-electron chi connectivity index (χ1n) is 5.83. The molecule has 108 valence electrons. The van der Waals surface area contributed by atoms with Crippen molar-refractivity contribution in [3.05, 3.63) is 66.0 Å². The molecule has 0 aliphatic carbocycles. The smallest absolute Gasteiger partial charge is 0.265 e. The monoisotopic (exact) mass is 313 g/mol. The van der Waals surface area contributed by atoms with E-state index in [-0.39, 0.29) is 30.7 Å². The summed E-state index contributed by atoms with van der Waals surface area (Å²) in [6.45, 7) is 0.695. The summed E-state index contributed by atoms with van der Waals surface area (Å²) < 4.78 is 0. The Labute approximate surface area is 130 Å². The van der Waals surface area contributed by atoms with Crippen LogP contribution in [0.4, 0.5) is 0 Å². The second kappa shape index (κ2) is 10.2. The molecule has 0 aliphatic rings. The van der Waals surface area contributed by atoms with E-state index in [1.165, 1.54) is 5.56 Å². The highest BCUT2D eigenvalue weighted by atomic mass is 35.5. The number of halogens is 2. The van der Waals surface area contributed by atoms with E-state index < -0.39 is 0 Å². The fourth-order valence-corrected chi connectivity index (χ4v) is 1.57. The van der Waals surface area contributed by atoms with Gasteiger partial charge in [-0.05, 0) is 24.1 Å². The summed E-state index contributed by atoms with van der Waals surface area (Å²) >= 11 is 0. The minimum atomic E-state index is -0.148. The zero-order valence-electron chi connectivity index (χ0n) is 10.8. The van der Waals surface area contributed by atoms with Crippen LogP contribution in [0.2, 0.25) is 0 Å². The summed E-state index contributed by atoms with van der Waals surface area (Å²) in [7, 11) is 0. The number of nitrogens with one attached hydrogen (secondary N) is 2. The molecule has 1 amide bonds. The lowest BCUT2D eigenvalue weighted by atomic mass is 10.2. The summed E-state index contributed by atoms with van der Waals surface area (Å²) in [5, 5.41) is 0. The number of amides is 1. The Balaban J connectivity index is 0.00000180. The fourth-order valence-electron chi connectivity index (χ4n) is 1.57. The van der Waals surface area contributed by atoms with Crippen molar-refractivity contribution in [2.75, 3.05) is 6.54 Å². The van der Waals surface area contributed by atoms with Crippen molar-refractivity contribution in [1.29, 1.82) is 0 Å². The minimum absolute atomic E-state index is 0. The molecule has 0 fully saturated rings. The average Bonchev–Trinajstić information content (AvgIpc) is 2.45. The van der Waals surface area contributed by atoms with E-state index in [1.807, 2.05) is 18.2 Å². The van der Waals surface area contributed by atoms with Gasteiger partial charge < -0.3 is 0 Å². The van der Waals surface area contributed by atoms with Gasteiger partial charge in [0.25, 0.3) is 5.91 Å². The molecule has 0 bridgehead atoms. The molecule has 0 saturated heterocycles. The number of benzene rings is 1. The van der Waals surface area contributed by atoms with Crippen molar-refractivity contribution >= 4 is 30.7 Å². The largest absolute Gasteiger partial charge is 0.287 e. The Morgan fingerprint density at radius 2 is 1.65 bits per heavy atom. The van der Waals surface area contributed by atoms with Gasteiger partial charge in [0.1, 0.15) is 0 Å². The van der Waals surface area contributed by atoms with Crippen LogP contribution in [0.1, 0.15) is 15.9 Å². The van der Waals surface area contributed by atoms with Gasteiger partial charge >= 0.3 is 0 Å². The minimum Gasteiger partial charge on any atom is -0.287 e. The zero-order valence-corrected chi connectivity index (χ0v) is 12.4. The number of hydrogen-bond donors (Lipinski definition) is 2. The number of pyridine rings is 1. The Morgan fingerprint density at radius 3 is 2.30 bits per heavy atom. The SMILES string of the molecule is Cl.Cl.O=C(NNCCc1ccccc1)c1ccncc1. The van der Waals surface area contributed by atoms with E-state index in [4.69, 9.17) is 0 Å². The van der Waals surface area contributed by atoms with Gasteiger partial charge in [-0.3, -0.25) is 15.2 Å². The van der Waals surface area contributed by atoms with Crippen LogP contribution < -0.4 is 10.9 Å². The number of aromatic nitrogens is 1. The van der Waals surface area contributed by atoms with Crippen LogP contribution in [0, 0.1) is 0 Å². The number of carbonyl (C=O) groups is 1. The van der Waals surface area contributed by atoms with Crippen LogP contribution in [0.3, 0.4) is 0 Å². The van der Waals surface area contributed by atoms with Gasteiger partial charge in [-0.2, -0.15) is 0 Å². The highest BCUT2D eigenvalue weighted by Gasteiger charge is 2.02. The molecule has 0 radical (unpaired) electrons. The van der Waals surface area contributed by atoms with Crippen LogP contribution >= 0.6 is 24.8 Å². The van der Waals surface area contributed by atoms with Gasteiger partial charge in [0, 0.05) is 24.5 Å². The third-order valence-electron chi connectivity index (χ3n) is 2.53. The Bertz CT molecular complexity index is 494. The molecule has 0 spiro atoms. The van der Waals surface area contributed by atoms with Crippen LogP contribution in [0.15, 0.2) is 54.9 Å². The summed E-state index contributed by atoms with van der Waals surface area (Å²) in [5.74, 6) is -0.148. The number of carbonyl (C=O) groups excluding carboxylic acids is 1. The van der Waals surface area contributed by atoms with E-state index in [9.17, 15) is 4.79 Å². The molecule has 0 aliphatic heterocycles. The summed E-state index contributed by atoms with van der Waals surface area (Å²) in [6.07, 6.45) is 4.06. The highest BCUT2D eigenvalue weighted by molar-refractivity contribution is 5.93. The molecule has 0 atom stereocenters. The maximum absolute atomic E-state index is 11.7. The molecule has 2 aromatic rings. The average molecular weight is 314 g/mol. The van der Waals surface area contributed by atoms with E-state index in [0.29, 0.717) is 12.1 Å². The molecule has 1 heterocycles. The van der Waals surface area contributed by atoms with E-state index in [2.05, 4.69) is 28.0 Å². The maximum Gasteiger partial charge on any atom is 0.265 e. The van der Waals surface area contributed by atoms with Crippen molar-refractivity contribution < 1.29 is 4.79 Å². The van der Waals surface area contributed by atoms with Gasteiger partial charge in [0.15, 0.2) is 0 Å². The van der Waals surface area contributed by atoms with Crippen LogP contribution in [-0.4, -0.2) is 17.4 Å². The van der Waals surface area contributed by atoms with Crippen LogP contribution in [-0.2, 0) is 6.42 Å². The first-order chi connectivity index (χ1) is 8.86. The molecular weight excluding hydrogens is 297 g/mol. The molecule has 2 rings (SSSR count). The van der Waals surface area contributed by atoms with Gasteiger partial charge in [0.2, 0.25) is 0 Å². The molecule has 0 saturated carbocycles. The highest BCUT2D eigenvalue weighted by Crippen LogP contribution is 1.98. The fraction of sp³-hybridized carbons (Fsp3) is 0.143. The first kappa shape index (κ1) is 18.4. The predicted octanol–water partition coefficient (Wildman–Crippen LogP) is 2.40. The second-order valence-electron chi connectivity index (χ2n) is 3.85. The topological polar surface area (TPSA) is 54.0 Å². The van der Waals surface area contributed by atoms with Gasteiger partial charge in [-0.15, -0.1) is 24.8 Å². The molecule has 20 heavy (non-hydrogen) atoms. The maximum atomic E-state index is 11.7. The van der Waals surface area contributed by atoms with E-state index >= 15 is 0 Å². The van der Waals surface area contributed by atoms with Crippen molar-refractivity contribution in [1.82, 2.24) is 15.8 Å². The lowest BCUT2D eigenvalue weighted by Gasteiger charge is -2.07. The number of hydrazine groups is 1. The van der Waals surface area contributed by atoms with E-state index in [1.54, 1.807) is 24.5 Å². The van der Waals surface area contributed by atoms with Crippen LogP contribution in [0.25, 0.3) is 0 Å². The molecule has 1 aromatic heterocycles. The Kier molecular flexibility index (Phi) is 9.38. The molecule has 2 N–H and O–H groups in total. The third-order valence-corrected chi connectivity index (χ3v) is 2.53. The lowest BCUT2D eigenvalue weighted by Crippen LogP contribution is -2.38. The van der Waals surface area contributed by atoms with Crippen LogP contribution in [0.5, 0.6) is 0 Å². The number of rotatable bonds is 5. The van der Waals surface area contributed by atoms with Gasteiger partial charge in [0.05, 0.1) is 0 Å². The molecular formula is C14H17Cl2N3O. The molecule has 0 unspecified atom stereocenters. The number of hydrogen-bond acceptors (Lipinski definition) is 3. The predicted molar refractivity (Wildman–Crippen MR) is 84.3 cm³/mol. The standard InChI is InChI=1S/C14H15N3O.2ClH/c18-14(13-7-9-15-10-8-13)17-16-11-6-12-4-2-1-3-5-12;;/h1-5,7-10,16H,6,11H2,(H,17,18);2*1H. The lowest BCUT2D eigenvalue weighted by molar-refractivity contribution is 0.0933.